The lowest BCUT2D eigenvalue weighted by molar-refractivity contribution is 0.862. The topological polar surface area (TPSA) is 74.9 Å². The van der Waals surface area contributed by atoms with Gasteiger partial charge >= 0.3 is 0 Å². The number of benzene rings is 7. The van der Waals surface area contributed by atoms with Crippen molar-refractivity contribution in [3.05, 3.63) is 222 Å². The summed E-state index contributed by atoms with van der Waals surface area (Å²) in [5.41, 5.74) is 15.7. The van der Waals surface area contributed by atoms with Crippen LogP contribution in [0.2, 0.25) is 0 Å². The van der Waals surface area contributed by atoms with Gasteiger partial charge < -0.3 is 5.32 Å². The number of pyridine rings is 2. The quantitative estimate of drug-likeness (QED) is 0.123. The van der Waals surface area contributed by atoms with Crippen molar-refractivity contribution >= 4 is 46.3 Å². The van der Waals surface area contributed by atoms with Crippen molar-refractivity contribution in [2.24, 2.45) is 15.0 Å². The van der Waals surface area contributed by atoms with E-state index in [1.807, 2.05) is 85.2 Å². The van der Waals surface area contributed by atoms with Crippen LogP contribution in [-0.2, 0) is 13.1 Å². The van der Waals surface area contributed by atoms with Gasteiger partial charge in [-0.1, -0.05) is 146 Å². The molecule has 0 atom stereocenters. The second-order valence-corrected chi connectivity index (χ2v) is 15.0. The number of aliphatic imine (C=N–C) groups is 3. The minimum Gasteiger partial charge on any atom is -0.387 e. The van der Waals surface area contributed by atoms with Gasteiger partial charge in [0.1, 0.15) is 0 Å². The molecule has 9 aromatic rings. The fraction of sp³-hybridized carbons (Fsp3) is 0.0364. The zero-order valence-electron chi connectivity index (χ0n) is 33.4. The maximum Gasteiger partial charge on any atom is 0.161 e. The smallest absolute Gasteiger partial charge is 0.161 e. The SMILES string of the molecule is C=NC(=NC(=NCc1cc(-c2ccc(-c3ccc4ccccc4c3)cc2)cc(-c2ccc(-c3nc4cccnc4c4c3C=CNC4)cc2)c1)c1ccccc1)c1ccccc1. The normalized spacial score (nSPS) is 12.6. The predicted molar refractivity (Wildman–Crippen MR) is 254 cm³/mol. The van der Waals surface area contributed by atoms with Crippen LogP contribution in [0.4, 0.5) is 0 Å². The molecule has 290 valence electrons. The van der Waals surface area contributed by atoms with Crippen molar-refractivity contribution < 1.29 is 0 Å². The number of nitrogens with one attached hydrogen (secondary N) is 1. The van der Waals surface area contributed by atoms with Gasteiger partial charge in [-0.05, 0) is 105 Å². The predicted octanol–water partition coefficient (Wildman–Crippen LogP) is 12.6. The van der Waals surface area contributed by atoms with Gasteiger partial charge in [0.15, 0.2) is 11.7 Å². The maximum absolute atomic E-state index is 5.16. The molecule has 7 aromatic carbocycles. The molecule has 0 bridgehead atoms. The lowest BCUT2D eigenvalue weighted by atomic mass is 9.93. The van der Waals surface area contributed by atoms with E-state index in [2.05, 4.69) is 137 Å². The van der Waals surface area contributed by atoms with Crippen LogP contribution in [0.15, 0.2) is 209 Å². The number of hydrogen-bond donors (Lipinski definition) is 1. The largest absolute Gasteiger partial charge is 0.387 e. The first-order chi connectivity index (χ1) is 30.2. The van der Waals surface area contributed by atoms with Gasteiger partial charge in [0.25, 0.3) is 0 Å². The zero-order chi connectivity index (χ0) is 41.0. The van der Waals surface area contributed by atoms with Crippen LogP contribution in [0.1, 0.15) is 27.8 Å². The number of aromatic nitrogens is 2. The molecule has 0 spiro atoms. The molecule has 1 aliphatic rings. The van der Waals surface area contributed by atoms with E-state index in [1.54, 1.807) is 0 Å². The fourth-order valence-electron chi connectivity index (χ4n) is 8.04. The first-order valence-electron chi connectivity index (χ1n) is 20.4. The third-order valence-corrected chi connectivity index (χ3v) is 11.2. The van der Waals surface area contributed by atoms with Crippen LogP contribution in [-0.4, -0.2) is 28.4 Å². The molecule has 0 saturated carbocycles. The molecule has 10 rings (SSSR count). The van der Waals surface area contributed by atoms with Crippen molar-refractivity contribution in [3.8, 4) is 44.6 Å². The molecule has 0 unspecified atom stereocenters. The Hall–Kier alpha value is -8.09. The number of rotatable bonds is 8. The number of nitrogens with zero attached hydrogens (tertiary/aromatic N) is 5. The Morgan fingerprint density at radius 1 is 0.557 bits per heavy atom. The summed E-state index contributed by atoms with van der Waals surface area (Å²) >= 11 is 0. The second-order valence-electron chi connectivity index (χ2n) is 15.0. The highest BCUT2D eigenvalue weighted by Gasteiger charge is 2.18. The Bertz CT molecular complexity index is 3150. The fourth-order valence-corrected chi connectivity index (χ4v) is 8.04. The summed E-state index contributed by atoms with van der Waals surface area (Å²) in [6.07, 6.45) is 5.93. The molecule has 1 aliphatic heterocycles. The molecule has 6 heteroatoms. The van der Waals surface area contributed by atoms with E-state index in [9.17, 15) is 0 Å². The average molecular weight is 785 g/mol. The van der Waals surface area contributed by atoms with E-state index in [1.165, 1.54) is 21.9 Å². The van der Waals surface area contributed by atoms with E-state index < -0.39 is 0 Å². The Balaban J connectivity index is 1.05. The van der Waals surface area contributed by atoms with Gasteiger partial charge in [0.05, 0.1) is 23.3 Å². The van der Waals surface area contributed by atoms with Gasteiger partial charge in [-0.2, -0.15) is 0 Å². The van der Waals surface area contributed by atoms with Gasteiger partial charge in [-0.3, -0.25) is 9.98 Å². The summed E-state index contributed by atoms with van der Waals surface area (Å²) in [7, 11) is 0. The van der Waals surface area contributed by atoms with Crippen molar-refractivity contribution in [1.29, 1.82) is 0 Å². The molecule has 0 saturated heterocycles. The molecule has 1 N–H and O–H groups in total. The number of amidine groups is 2. The molecular weight excluding hydrogens is 745 g/mol. The van der Waals surface area contributed by atoms with Gasteiger partial charge in [0, 0.05) is 40.6 Å². The number of fused-ring (bicyclic) bond motifs is 4. The third kappa shape index (κ3) is 7.78. The third-order valence-electron chi connectivity index (χ3n) is 11.2. The highest BCUT2D eigenvalue weighted by atomic mass is 15.0. The first kappa shape index (κ1) is 37.2. The van der Waals surface area contributed by atoms with Crippen LogP contribution < -0.4 is 5.32 Å². The molecule has 0 fully saturated rings. The van der Waals surface area contributed by atoms with Gasteiger partial charge in [-0.25, -0.2) is 15.0 Å². The van der Waals surface area contributed by atoms with E-state index in [-0.39, 0.29) is 0 Å². The van der Waals surface area contributed by atoms with Gasteiger partial charge in [0.2, 0.25) is 0 Å². The average Bonchev–Trinajstić information content (AvgIpc) is 3.34. The molecule has 0 radical (unpaired) electrons. The highest BCUT2D eigenvalue weighted by Crippen LogP contribution is 2.35. The summed E-state index contributed by atoms with van der Waals surface area (Å²) < 4.78 is 0. The van der Waals surface area contributed by atoms with Crippen LogP contribution in [0.25, 0.3) is 72.5 Å². The molecule has 61 heavy (non-hydrogen) atoms. The summed E-state index contributed by atoms with van der Waals surface area (Å²) in [6, 6.07) is 63.4. The van der Waals surface area contributed by atoms with E-state index in [0.29, 0.717) is 24.8 Å². The first-order valence-corrected chi connectivity index (χ1v) is 20.4. The van der Waals surface area contributed by atoms with Crippen molar-refractivity contribution in [1.82, 2.24) is 15.3 Å². The Morgan fingerprint density at radius 3 is 1.85 bits per heavy atom. The molecule has 3 heterocycles. The minimum absolute atomic E-state index is 0.405. The maximum atomic E-state index is 5.16. The summed E-state index contributed by atoms with van der Waals surface area (Å²) in [6.45, 7) is 4.96. The summed E-state index contributed by atoms with van der Waals surface area (Å²) in [5.74, 6) is 1.11. The standard InChI is InChI=1S/C55H40N6/c1-56-54(43-12-4-2-5-13-43)61-55(44-14-6-3-7-15-44)59-35-37-31-47(40-20-18-39(19-21-40)46-27-24-38-11-8-9-16-45(38)33-46)34-48(32-37)41-22-25-42(26-23-41)52-49-28-30-57-36-50(49)53-51(60-52)17-10-29-58-53/h2-34,57H,1,35-36H2. The van der Waals surface area contributed by atoms with Crippen LogP contribution in [0, 0.1) is 0 Å². The minimum atomic E-state index is 0.405. The molecule has 6 nitrogen and oxygen atoms in total. The van der Waals surface area contributed by atoms with Crippen LogP contribution in [0.3, 0.4) is 0 Å². The Morgan fingerprint density at radius 2 is 1.16 bits per heavy atom. The zero-order valence-corrected chi connectivity index (χ0v) is 33.4. The molecule has 0 amide bonds. The number of hydrogen-bond acceptors (Lipinski definition) is 4. The molecule has 2 aromatic heterocycles. The second kappa shape index (κ2) is 16.6. The van der Waals surface area contributed by atoms with E-state index >= 15 is 0 Å². The molecule has 0 aliphatic carbocycles. The van der Waals surface area contributed by atoms with E-state index in [0.717, 1.165) is 72.4 Å². The van der Waals surface area contributed by atoms with E-state index in [4.69, 9.17) is 15.0 Å². The summed E-state index contributed by atoms with van der Waals surface area (Å²) in [5, 5.41) is 5.82. The van der Waals surface area contributed by atoms with Crippen LogP contribution in [0.5, 0.6) is 0 Å². The Labute approximate surface area is 355 Å². The van der Waals surface area contributed by atoms with Crippen molar-refractivity contribution in [2.45, 2.75) is 13.1 Å². The van der Waals surface area contributed by atoms with Crippen molar-refractivity contribution in [3.63, 3.8) is 0 Å². The lowest BCUT2D eigenvalue weighted by Gasteiger charge is -2.18. The monoisotopic (exact) mass is 784 g/mol. The summed E-state index contributed by atoms with van der Waals surface area (Å²) in [4.78, 5) is 24.2. The highest BCUT2D eigenvalue weighted by molar-refractivity contribution is 6.12. The van der Waals surface area contributed by atoms with Crippen LogP contribution >= 0.6 is 0 Å². The van der Waals surface area contributed by atoms with Gasteiger partial charge in [-0.15, -0.1) is 0 Å². The molecular formula is C55H40N6. The Kier molecular flexibility index (Phi) is 10.1. The van der Waals surface area contributed by atoms with Crippen molar-refractivity contribution in [2.75, 3.05) is 0 Å². The lowest BCUT2D eigenvalue weighted by Crippen LogP contribution is -2.13.